The quantitative estimate of drug-likeness (QED) is 0.685. The molecule has 0 spiro atoms. The number of carbonyl (C=O) groups excluding carboxylic acids is 2. The monoisotopic (exact) mass is 257 g/mol. The van der Waals surface area contributed by atoms with Crippen molar-refractivity contribution in [2.45, 2.75) is 59.2 Å². The SMILES string of the molecule is CC(C)(C)[C@@]1(O)C[C@@](C(N)=O)(C(C)(C)C)OC1=O. The predicted molar refractivity (Wildman–Crippen MR) is 66.5 cm³/mol. The number of hydrogen-bond donors (Lipinski definition) is 2. The normalized spacial score (nSPS) is 33.4. The molecule has 0 saturated carbocycles. The Hall–Kier alpha value is -1.10. The van der Waals surface area contributed by atoms with Crippen molar-refractivity contribution in [1.29, 1.82) is 0 Å². The molecule has 1 heterocycles. The molecule has 2 atom stereocenters. The van der Waals surface area contributed by atoms with Crippen LogP contribution in [-0.4, -0.2) is 28.2 Å². The average molecular weight is 257 g/mol. The Balaban J connectivity index is 3.34. The Bertz CT molecular complexity index is 391. The molecule has 0 aromatic rings. The fraction of sp³-hybridized carbons (Fsp3) is 0.846. The van der Waals surface area contributed by atoms with E-state index >= 15 is 0 Å². The highest BCUT2D eigenvalue weighted by Gasteiger charge is 2.67. The van der Waals surface area contributed by atoms with E-state index in [1.165, 1.54) is 0 Å². The van der Waals surface area contributed by atoms with Gasteiger partial charge in [-0.3, -0.25) is 4.79 Å². The molecule has 0 radical (unpaired) electrons. The molecule has 5 nitrogen and oxygen atoms in total. The van der Waals surface area contributed by atoms with E-state index in [2.05, 4.69) is 0 Å². The third-order valence-electron chi connectivity index (χ3n) is 3.96. The van der Waals surface area contributed by atoms with Gasteiger partial charge < -0.3 is 15.6 Å². The molecule has 104 valence electrons. The Morgan fingerprint density at radius 3 is 1.83 bits per heavy atom. The van der Waals surface area contributed by atoms with Crippen LogP contribution in [0.2, 0.25) is 0 Å². The number of primary amides is 1. The van der Waals surface area contributed by atoms with Crippen LogP contribution in [0.15, 0.2) is 0 Å². The van der Waals surface area contributed by atoms with Gasteiger partial charge in [-0.15, -0.1) is 0 Å². The van der Waals surface area contributed by atoms with Gasteiger partial charge in [-0.05, 0) is 0 Å². The largest absolute Gasteiger partial charge is 0.446 e. The average Bonchev–Trinajstić information content (AvgIpc) is 2.39. The summed E-state index contributed by atoms with van der Waals surface area (Å²) in [5.74, 6) is -1.49. The molecule has 1 amide bonds. The van der Waals surface area contributed by atoms with E-state index in [4.69, 9.17) is 10.5 Å². The van der Waals surface area contributed by atoms with Gasteiger partial charge in [0.15, 0.2) is 11.2 Å². The van der Waals surface area contributed by atoms with E-state index in [9.17, 15) is 14.7 Å². The minimum absolute atomic E-state index is 0.110. The van der Waals surface area contributed by atoms with E-state index < -0.39 is 33.9 Å². The van der Waals surface area contributed by atoms with Gasteiger partial charge in [0.05, 0.1) is 0 Å². The zero-order valence-corrected chi connectivity index (χ0v) is 12.0. The van der Waals surface area contributed by atoms with Gasteiger partial charge in [-0.25, -0.2) is 4.79 Å². The lowest BCUT2D eigenvalue weighted by Crippen LogP contribution is -2.55. The lowest BCUT2D eigenvalue weighted by Gasteiger charge is -2.38. The maximum absolute atomic E-state index is 12.0. The van der Waals surface area contributed by atoms with Crippen LogP contribution in [0.5, 0.6) is 0 Å². The van der Waals surface area contributed by atoms with E-state index in [-0.39, 0.29) is 6.42 Å². The number of rotatable bonds is 1. The van der Waals surface area contributed by atoms with Gasteiger partial charge in [0.1, 0.15) is 0 Å². The molecule has 1 aliphatic heterocycles. The Labute approximate surface area is 108 Å². The van der Waals surface area contributed by atoms with Crippen LogP contribution in [-0.2, 0) is 14.3 Å². The molecule has 1 rings (SSSR count). The molecule has 1 saturated heterocycles. The lowest BCUT2D eigenvalue weighted by atomic mass is 9.66. The summed E-state index contributed by atoms with van der Waals surface area (Å²) in [5, 5.41) is 10.6. The Morgan fingerprint density at radius 2 is 1.67 bits per heavy atom. The van der Waals surface area contributed by atoms with Crippen molar-refractivity contribution >= 4 is 11.9 Å². The van der Waals surface area contributed by atoms with E-state index in [0.29, 0.717) is 0 Å². The molecular formula is C13H23NO4. The first kappa shape index (κ1) is 15.0. The summed E-state index contributed by atoms with van der Waals surface area (Å²) < 4.78 is 5.25. The molecule has 1 aliphatic rings. The standard InChI is InChI=1S/C13H23NO4/c1-10(2,3)12(17)7-13(8(14)15,11(4,5)6)18-9(12)16/h17H,7H2,1-6H3,(H2,14,15)/t12-,13-/m1/s1. The molecule has 18 heavy (non-hydrogen) atoms. The van der Waals surface area contributed by atoms with E-state index in [0.717, 1.165) is 0 Å². The summed E-state index contributed by atoms with van der Waals surface area (Å²) in [7, 11) is 0. The van der Waals surface area contributed by atoms with Crippen LogP contribution in [0.25, 0.3) is 0 Å². The highest BCUT2D eigenvalue weighted by atomic mass is 16.6. The summed E-state index contributed by atoms with van der Waals surface area (Å²) in [4.78, 5) is 23.8. The van der Waals surface area contributed by atoms with Crippen molar-refractivity contribution < 1.29 is 19.4 Å². The van der Waals surface area contributed by atoms with E-state index in [1.54, 1.807) is 41.5 Å². The van der Waals surface area contributed by atoms with Gasteiger partial charge in [0.25, 0.3) is 5.91 Å². The third kappa shape index (κ3) is 1.81. The maximum atomic E-state index is 12.0. The molecule has 0 aromatic heterocycles. The highest BCUT2D eigenvalue weighted by molar-refractivity contribution is 5.94. The first-order valence-corrected chi connectivity index (χ1v) is 6.04. The minimum Gasteiger partial charge on any atom is -0.446 e. The number of cyclic esters (lactones) is 1. The summed E-state index contributed by atoms with van der Waals surface area (Å²) >= 11 is 0. The molecule has 0 unspecified atom stereocenters. The van der Waals surface area contributed by atoms with Crippen molar-refractivity contribution in [1.82, 2.24) is 0 Å². The summed E-state index contributed by atoms with van der Waals surface area (Å²) in [6.45, 7) is 10.5. The number of nitrogens with two attached hydrogens (primary N) is 1. The first-order valence-electron chi connectivity index (χ1n) is 6.04. The van der Waals surface area contributed by atoms with Crippen molar-refractivity contribution in [2.75, 3.05) is 0 Å². The first-order chi connectivity index (χ1) is 7.78. The topological polar surface area (TPSA) is 89.6 Å². The predicted octanol–water partition coefficient (Wildman–Crippen LogP) is 0.981. The summed E-state index contributed by atoms with van der Waals surface area (Å²) in [5.41, 5.74) is 0.847. The van der Waals surface area contributed by atoms with Crippen LogP contribution < -0.4 is 5.73 Å². The lowest BCUT2D eigenvalue weighted by molar-refractivity contribution is -0.174. The number of carbonyl (C=O) groups is 2. The second kappa shape index (κ2) is 3.70. The fourth-order valence-electron chi connectivity index (χ4n) is 2.21. The van der Waals surface area contributed by atoms with Crippen molar-refractivity contribution in [3.8, 4) is 0 Å². The third-order valence-corrected chi connectivity index (χ3v) is 3.96. The van der Waals surface area contributed by atoms with Crippen molar-refractivity contribution in [3.63, 3.8) is 0 Å². The minimum atomic E-state index is -1.70. The van der Waals surface area contributed by atoms with Gasteiger partial charge in [-0.2, -0.15) is 0 Å². The fourth-order valence-corrected chi connectivity index (χ4v) is 2.21. The summed E-state index contributed by atoms with van der Waals surface area (Å²) in [6, 6.07) is 0. The van der Waals surface area contributed by atoms with Crippen LogP contribution in [0.3, 0.4) is 0 Å². The van der Waals surface area contributed by atoms with Gasteiger partial charge in [-0.1, -0.05) is 41.5 Å². The zero-order valence-electron chi connectivity index (χ0n) is 12.0. The second-order valence-electron chi connectivity index (χ2n) is 7.12. The maximum Gasteiger partial charge on any atom is 0.339 e. The highest BCUT2D eigenvalue weighted by Crippen LogP contribution is 2.51. The van der Waals surface area contributed by atoms with Gasteiger partial charge >= 0.3 is 5.97 Å². The molecule has 0 bridgehead atoms. The zero-order chi connectivity index (χ0) is 14.6. The number of aliphatic hydroxyl groups is 1. The van der Waals surface area contributed by atoms with Crippen molar-refractivity contribution in [3.05, 3.63) is 0 Å². The number of hydrogen-bond acceptors (Lipinski definition) is 4. The smallest absolute Gasteiger partial charge is 0.339 e. The van der Waals surface area contributed by atoms with Crippen LogP contribution in [0.1, 0.15) is 48.0 Å². The molecule has 5 heteroatoms. The molecule has 1 fully saturated rings. The molecule has 0 aliphatic carbocycles. The van der Waals surface area contributed by atoms with Crippen LogP contribution >= 0.6 is 0 Å². The van der Waals surface area contributed by atoms with Crippen LogP contribution in [0, 0.1) is 10.8 Å². The van der Waals surface area contributed by atoms with E-state index in [1.807, 2.05) is 0 Å². The Morgan fingerprint density at radius 1 is 1.22 bits per heavy atom. The number of amides is 1. The van der Waals surface area contributed by atoms with Gasteiger partial charge in [0.2, 0.25) is 0 Å². The van der Waals surface area contributed by atoms with Crippen molar-refractivity contribution in [2.24, 2.45) is 16.6 Å². The summed E-state index contributed by atoms with van der Waals surface area (Å²) in [6.07, 6.45) is -0.110. The van der Waals surface area contributed by atoms with Crippen LogP contribution in [0.4, 0.5) is 0 Å². The number of esters is 1. The second-order valence-corrected chi connectivity index (χ2v) is 7.12. The number of ether oxygens (including phenoxy) is 1. The van der Waals surface area contributed by atoms with Gasteiger partial charge in [0, 0.05) is 17.3 Å². The Kier molecular flexibility index (Phi) is 3.07. The molecule has 0 aromatic carbocycles. The molecule has 3 N–H and O–H groups in total. The molecular weight excluding hydrogens is 234 g/mol.